The number of amides is 1. The number of nitrogens with zero attached hydrogens (tertiary/aromatic N) is 1. The Morgan fingerprint density at radius 2 is 2.22 bits per heavy atom. The summed E-state index contributed by atoms with van der Waals surface area (Å²) in [7, 11) is 0. The van der Waals surface area contributed by atoms with E-state index in [4.69, 9.17) is 10.5 Å². The normalized spacial score (nSPS) is 33.9. The van der Waals surface area contributed by atoms with Gasteiger partial charge in [-0.1, -0.05) is 12.8 Å². The highest BCUT2D eigenvalue weighted by molar-refractivity contribution is 5.80. The van der Waals surface area contributed by atoms with E-state index in [1.54, 1.807) is 6.26 Å². The second-order valence-electron chi connectivity index (χ2n) is 5.72. The van der Waals surface area contributed by atoms with Crippen molar-refractivity contribution in [3.63, 3.8) is 0 Å². The van der Waals surface area contributed by atoms with E-state index in [1.807, 2.05) is 6.20 Å². The van der Waals surface area contributed by atoms with Crippen molar-refractivity contribution >= 4 is 5.91 Å². The average Bonchev–Trinajstić information content (AvgIpc) is 2.76. The van der Waals surface area contributed by atoms with Crippen LogP contribution in [0.2, 0.25) is 0 Å². The zero-order valence-electron chi connectivity index (χ0n) is 10.6. The van der Waals surface area contributed by atoms with Crippen molar-refractivity contribution < 1.29 is 9.53 Å². The number of fused-ring (bicyclic) bond motifs is 2. The minimum atomic E-state index is -0.239. The van der Waals surface area contributed by atoms with Gasteiger partial charge < -0.3 is 15.4 Å². The molecule has 1 amide bonds. The van der Waals surface area contributed by atoms with Crippen LogP contribution in [-0.2, 0) is 9.53 Å². The molecule has 0 bridgehead atoms. The molecule has 0 aromatic rings. The summed E-state index contributed by atoms with van der Waals surface area (Å²) in [5.74, 6) is -0.239. The van der Waals surface area contributed by atoms with Crippen LogP contribution < -0.4 is 11.1 Å². The minimum Gasteiger partial charge on any atom is -0.499 e. The summed E-state index contributed by atoms with van der Waals surface area (Å²) in [6.45, 7) is 1.61. The number of hydrogen-bond donors (Lipinski definition) is 2. The quantitative estimate of drug-likeness (QED) is 0.713. The van der Waals surface area contributed by atoms with Crippen molar-refractivity contribution in [2.45, 2.75) is 44.3 Å². The number of nitrogens with two attached hydrogens (primary N) is 1. The molecule has 0 aromatic carbocycles. The maximum atomic E-state index is 11.4. The fourth-order valence-corrected chi connectivity index (χ4v) is 3.60. The van der Waals surface area contributed by atoms with Crippen LogP contribution >= 0.6 is 0 Å². The lowest BCUT2D eigenvalue weighted by molar-refractivity contribution is -0.122. The Hall–Kier alpha value is -1.23. The molecule has 1 aliphatic carbocycles. The number of ether oxygens (including phenoxy) is 1. The molecule has 5 nitrogen and oxygen atoms in total. The molecule has 3 aliphatic rings. The number of nitrogens with one attached hydrogen (secondary N) is 1. The molecule has 3 N–H and O–H groups in total. The first kappa shape index (κ1) is 11.8. The van der Waals surface area contributed by atoms with E-state index < -0.39 is 0 Å². The Morgan fingerprint density at radius 1 is 1.44 bits per heavy atom. The summed E-state index contributed by atoms with van der Waals surface area (Å²) in [5.41, 5.74) is 5.58. The molecule has 2 aliphatic heterocycles. The molecule has 3 rings (SSSR count). The highest BCUT2D eigenvalue weighted by atomic mass is 16.5. The lowest BCUT2D eigenvalue weighted by Gasteiger charge is -2.46. The highest BCUT2D eigenvalue weighted by Gasteiger charge is 2.47. The Labute approximate surface area is 107 Å². The van der Waals surface area contributed by atoms with Crippen molar-refractivity contribution in [1.29, 1.82) is 0 Å². The minimum absolute atomic E-state index is 0.137. The van der Waals surface area contributed by atoms with Crippen LogP contribution in [0, 0.1) is 5.41 Å². The van der Waals surface area contributed by atoms with Crippen LogP contribution in [0.3, 0.4) is 0 Å². The molecule has 0 aromatic heterocycles. The van der Waals surface area contributed by atoms with E-state index in [1.165, 1.54) is 12.8 Å². The molecule has 18 heavy (non-hydrogen) atoms. The first-order valence-corrected chi connectivity index (χ1v) is 6.81. The summed E-state index contributed by atoms with van der Waals surface area (Å²) in [5, 5.41) is 3.45. The van der Waals surface area contributed by atoms with Crippen molar-refractivity contribution in [3.8, 4) is 0 Å². The summed E-state index contributed by atoms with van der Waals surface area (Å²) in [4.78, 5) is 13.7. The molecule has 0 radical (unpaired) electrons. The third-order valence-corrected chi connectivity index (χ3v) is 4.61. The topological polar surface area (TPSA) is 67.6 Å². The van der Waals surface area contributed by atoms with E-state index in [9.17, 15) is 4.79 Å². The van der Waals surface area contributed by atoms with Gasteiger partial charge in [-0.05, 0) is 19.3 Å². The van der Waals surface area contributed by atoms with Gasteiger partial charge in [-0.2, -0.15) is 0 Å². The summed E-state index contributed by atoms with van der Waals surface area (Å²) in [6.07, 6.45) is 9.56. The fourth-order valence-electron chi connectivity index (χ4n) is 3.60. The van der Waals surface area contributed by atoms with E-state index in [2.05, 4.69) is 10.2 Å². The summed E-state index contributed by atoms with van der Waals surface area (Å²) < 4.78 is 5.64. The molecule has 1 saturated heterocycles. The first-order valence-electron chi connectivity index (χ1n) is 6.81. The monoisotopic (exact) mass is 251 g/mol. The molecule has 1 saturated carbocycles. The van der Waals surface area contributed by atoms with Gasteiger partial charge in [0.1, 0.15) is 0 Å². The molecular weight excluding hydrogens is 230 g/mol. The number of carbonyl (C=O) groups is 1. The SMILES string of the molecule is NC(=O)C1CCN2C=COCC3(CCCC3)C2N1. The third-order valence-electron chi connectivity index (χ3n) is 4.61. The molecule has 2 fully saturated rings. The number of primary amides is 1. The van der Waals surface area contributed by atoms with E-state index >= 15 is 0 Å². The van der Waals surface area contributed by atoms with E-state index in [0.717, 1.165) is 32.4 Å². The molecule has 2 atom stereocenters. The number of hydrogen-bond acceptors (Lipinski definition) is 4. The maximum Gasteiger partial charge on any atom is 0.234 e. The Kier molecular flexibility index (Phi) is 2.93. The van der Waals surface area contributed by atoms with Gasteiger partial charge >= 0.3 is 0 Å². The molecule has 2 unspecified atom stereocenters. The second-order valence-corrected chi connectivity index (χ2v) is 5.72. The predicted octanol–water partition coefficient (Wildman–Crippen LogP) is 0.523. The zero-order valence-corrected chi connectivity index (χ0v) is 10.6. The lowest BCUT2D eigenvalue weighted by atomic mass is 9.81. The third kappa shape index (κ3) is 1.86. The van der Waals surface area contributed by atoms with Gasteiger partial charge in [0, 0.05) is 18.2 Å². The van der Waals surface area contributed by atoms with Gasteiger partial charge in [0.15, 0.2) is 0 Å². The molecule has 1 spiro atoms. The van der Waals surface area contributed by atoms with E-state index in [-0.39, 0.29) is 23.5 Å². The Morgan fingerprint density at radius 3 is 2.94 bits per heavy atom. The maximum absolute atomic E-state index is 11.4. The van der Waals surface area contributed by atoms with Crippen LogP contribution in [0.4, 0.5) is 0 Å². The smallest absolute Gasteiger partial charge is 0.234 e. The van der Waals surface area contributed by atoms with Gasteiger partial charge in [0.05, 0.1) is 25.1 Å². The molecule has 5 heteroatoms. The molecular formula is C13H21N3O2. The van der Waals surface area contributed by atoms with Crippen LogP contribution in [0.15, 0.2) is 12.5 Å². The van der Waals surface area contributed by atoms with Gasteiger partial charge in [-0.25, -0.2) is 0 Å². The molecule has 100 valence electrons. The van der Waals surface area contributed by atoms with Crippen molar-refractivity contribution in [2.24, 2.45) is 11.1 Å². The Bertz CT molecular complexity index is 363. The van der Waals surface area contributed by atoms with E-state index in [0.29, 0.717) is 0 Å². The van der Waals surface area contributed by atoms with Crippen molar-refractivity contribution in [3.05, 3.63) is 12.5 Å². The number of carbonyl (C=O) groups excluding carboxylic acids is 1. The van der Waals surface area contributed by atoms with Gasteiger partial charge in [-0.3, -0.25) is 10.1 Å². The highest BCUT2D eigenvalue weighted by Crippen LogP contribution is 2.44. The number of rotatable bonds is 1. The molecule has 2 heterocycles. The first-order chi connectivity index (χ1) is 8.71. The van der Waals surface area contributed by atoms with Crippen LogP contribution in [0.25, 0.3) is 0 Å². The standard InChI is InChI=1S/C13H21N3O2/c14-11(17)10-3-6-16-7-8-18-9-13(12(16)15-10)4-1-2-5-13/h7-8,10,12,15H,1-6,9H2,(H2,14,17). The second kappa shape index (κ2) is 4.46. The van der Waals surface area contributed by atoms with Crippen LogP contribution in [-0.4, -0.2) is 36.2 Å². The largest absolute Gasteiger partial charge is 0.499 e. The summed E-state index contributed by atoms with van der Waals surface area (Å²) >= 11 is 0. The Balaban J connectivity index is 1.85. The summed E-state index contributed by atoms with van der Waals surface area (Å²) in [6, 6.07) is -0.199. The van der Waals surface area contributed by atoms with Gasteiger partial charge in [0.2, 0.25) is 5.91 Å². The van der Waals surface area contributed by atoms with Gasteiger partial charge in [0.25, 0.3) is 0 Å². The lowest BCUT2D eigenvalue weighted by Crippen LogP contribution is -2.63. The average molecular weight is 251 g/mol. The van der Waals surface area contributed by atoms with Crippen LogP contribution in [0.5, 0.6) is 0 Å². The van der Waals surface area contributed by atoms with Gasteiger partial charge in [-0.15, -0.1) is 0 Å². The predicted molar refractivity (Wildman–Crippen MR) is 67.2 cm³/mol. The van der Waals surface area contributed by atoms with Crippen molar-refractivity contribution in [1.82, 2.24) is 10.2 Å². The van der Waals surface area contributed by atoms with Crippen molar-refractivity contribution in [2.75, 3.05) is 13.2 Å². The zero-order chi connectivity index (χ0) is 12.6. The van der Waals surface area contributed by atoms with Crippen LogP contribution in [0.1, 0.15) is 32.1 Å². The fraction of sp³-hybridized carbons (Fsp3) is 0.769.